The molecule has 0 saturated carbocycles. The number of piperazine rings is 1. The number of aryl methyl sites for hydroxylation is 1. The first-order valence-corrected chi connectivity index (χ1v) is 14.3. The van der Waals surface area contributed by atoms with Gasteiger partial charge >= 0.3 is 6.03 Å². The van der Waals surface area contributed by atoms with Crippen LogP contribution in [0.4, 0.5) is 16.3 Å². The number of thiophene rings is 1. The van der Waals surface area contributed by atoms with Crippen molar-refractivity contribution in [2.45, 2.75) is 33.2 Å². The van der Waals surface area contributed by atoms with E-state index in [0.717, 1.165) is 61.3 Å². The molecule has 0 bridgehead atoms. The number of fused-ring (bicyclic) bond motifs is 3. The molecule has 4 heterocycles. The Morgan fingerprint density at radius 3 is 2.47 bits per heavy atom. The summed E-state index contributed by atoms with van der Waals surface area (Å²) in [5.74, 6) is 1.91. The number of nitrogens with one attached hydrogen (secondary N) is 1. The molecule has 4 aromatic rings. The van der Waals surface area contributed by atoms with Crippen LogP contribution in [-0.2, 0) is 19.4 Å². The van der Waals surface area contributed by atoms with E-state index >= 15 is 0 Å². The third-order valence-corrected chi connectivity index (χ3v) is 8.74. The standard InChI is InChI=1S/C30H34N6OS/c1-3-34-14-13-24-25(20-34)38-29-27(24)28(32-26(33-29)19-22-7-5-4-6-8-22)35-15-17-36(18-16-35)30(37)31-23-11-9-21(2)10-12-23/h4-12H,3,13-20H2,1-2H3,(H,31,37). The number of benzene rings is 2. The number of hydrogen-bond donors (Lipinski definition) is 1. The van der Waals surface area contributed by atoms with Gasteiger partial charge in [0.2, 0.25) is 0 Å². The maximum atomic E-state index is 12.9. The number of hydrogen-bond acceptors (Lipinski definition) is 6. The SMILES string of the molecule is CCN1CCc2c(sc3nc(Cc4ccccc4)nc(N4CCN(C(=O)Nc5ccc(C)cc5)CC4)c23)C1. The molecule has 7 nitrogen and oxygen atoms in total. The maximum absolute atomic E-state index is 12.9. The van der Waals surface area contributed by atoms with Gasteiger partial charge in [0.25, 0.3) is 0 Å². The highest BCUT2D eigenvalue weighted by molar-refractivity contribution is 7.19. The molecule has 0 atom stereocenters. The normalized spacial score (nSPS) is 16.1. The van der Waals surface area contributed by atoms with E-state index in [1.807, 2.05) is 53.5 Å². The van der Waals surface area contributed by atoms with Gasteiger partial charge in [-0.15, -0.1) is 11.3 Å². The number of likely N-dealkylation sites (N-methyl/N-ethyl adjacent to an activating group) is 1. The Hall–Kier alpha value is -3.49. The Morgan fingerprint density at radius 2 is 1.74 bits per heavy atom. The predicted molar refractivity (Wildman–Crippen MR) is 155 cm³/mol. The van der Waals surface area contributed by atoms with Crippen LogP contribution in [0.3, 0.4) is 0 Å². The number of aromatic nitrogens is 2. The molecule has 8 heteroatoms. The van der Waals surface area contributed by atoms with Gasteiger partial charge in [-0.3, -0.25) is 4.90 Å². The molecule has 1 fully saturated rings. The van der Waals surface area contributed by atoms with E-state index in [2.05, 4.69) is 46.3 Å². The second-order valence-electron chi connectivity index (χ2n) is 10.2. The number of nitrogens with zero attached hydrogens (tertiary/aromatic N) is 5. The van der Waals surface area contributed by atoms with Crippen molar-refractivity contribution in [1.29, 1.82) is 0 Å². The second-order valence-corrected chi connectivity index (χ2v) is 11.3. The molecule has 38 heavy (non-hydrogen) atoms. The average molecular weight is 527 g/mol. The van der Waals surface area contributed by atoms with E-state index in [0.29, 0.717) is 19.5 Å². The quantitative estimate of drug-likeness (QED) is 0.381. The van der Waals surface area contributed by atoms with Crippen molar-refractivity contribution in [3.8, 4) is 0 Å². The molecule has 0 aliphatic carbocycles. The lowest BCUT2D eigenvalue weighted by Crippen LogP contribution is -2.50. The number of urea groups is 1. The summed E-state index contributed by atoms with van der Waals surface area (Å²) in [5, 5.41) is 4.28. The largest absolute Gasteiger partial charge is 0.352 e. The zero-order chi connectivity index (χ0) is 26.1. The van der Waals surface area contributed by atoms with E-state index in [1.54, 1.807) is 0 Å². The first kappa shape index (κ1) is 24.8. The molecule has 196 valence electrons. The van der Waals surface area contributed by atoms with E-state index < -0.39 is 0 Å². The molecule has 1 saturated heterocycles. The van der Waals surface area contributed by atoms with Crippen molar-refractivity contribution < 1.29 is 4.79 Å². The Labute approximate surface area is 228 Å². The van der Waals surface area contributed by atoms with Crippen LogP contribution in [0.1, 0.15) is 34.3 Å². The van der Waals surface area contributed by atoms with Crippen LogP contribution in [-0.4, -0.2) is 65.1 Å². The molecule has 2 aliphatic rings. The molecule has 2 amide bonds. The minimum atomic E-state index is -0.0429. The zero-order valence-electron chi connectivity index (χ0n) is 22.1. The fourth-order valence-electron chi connectivity index (χ4n) is 5.39. The van der Waals surface area contributed by atoms with Gasteiger partial charge in [-0.05, 0) is 43.1 Å². The van der Waals surface area contributed by atoms with Gasteiger partial charge in [-0.25, -0.2) is 14.8 Å². The highest BCUT2D eigenvalue weighted by Crippen LogP contribution is 2.39. The van der Waals surface area contributed by atoms with Crippen LogP contribution in [0, 0.1) is 6.92 Å². The number of carbonyl (C=O) groups is 1. The molecule has 1 N–H and O–H groups in total. The minimum absolute atomic E-state index is 0.0429. The lowest BCUT2D eigenvalue weighted by Gasteiger charge is -2.36. The van der Waals surface area contributed by atoms with Crippen LogP contribution >= 0.6 is 11.3 Å². The van der Waals surface area contributed by atoms with Crippen molar-refractivity contribution in [2.75, 3.05) is 49.5 Å². The van der Waals surface area contributed by atoms with E-state index in [4.69, 9.17) is 9.97 Å². The number of anilines is 2. The molecule has 0 unspecified atom stereocenters. The summed E-state index contributed by atoms with van der Waals surface area (Å²) in [5.41, 5.74) is 4.65. The number of amides is 2. The van der Waals surface area contributed by atoms with Gasteiger partial charge < -0.3 is 15.1 Å². The van der Waals surface area contributed by atoms with E-state index in [-0.39, 0.29) is 6.03 Å². The molecular formula is C30H34N6OS. The van der Waals surface area contributed by atoms with Gasteiger partial charge in [0.15, 0.2) is 0 Å². The van der Waals surface area contributed by atoms with Gasteiger partial charge in [-0.1, -0.05) is 55.0 Å². The van der Waals surface area contributed by atoms with Gasteiger partial charge in [0.05, 0.1) is 5.39 Å². The van der Waals surface area contributed by atoms with Crippen molar-refractivity contribution in [2.24, 2.45) is 0 Å². The van der Waals surface area contributed by atoms with Gasteiger partial charge in [-0.2, -0.15) is 0 Å². The Morgan fingerprint density at radius 1 is 0.974 bits per heavy atom. The highest BCUT2D eigenvalue weighted by atomic mass is 32.1. The summed E-state index contributed by atoms with van der Waals surface area (Å²) in [7, 11) is 0. The summed E-state index contributed by atoms with van der Waals surface area (Å²) < 4.78 is 0. The van der Waals surface area contributed by atoms with Crippen LogP contribution in [0.25, 0.3) is 10.2 Å². The van der Waals surface area contributed by atoms with Crippen molar-refractivity contribution >= 4 is 39.1 Å². The van der Waals surface area contributed by atoms with E-state index in [9.17, 15) is 4.79 Å². The van der Waals surface area contributed by atoms with Gasteiger partial charge in [0, 0.05) is 56.3 Å². The van der Waals surface area contributed by atoms with Crippen molar-refractivity contribution in [3.05, 3.63) is 82.0 Å². The molecule has 6 rings (SSSR count). The monoisotopic (exact) mass is 526 g/mol. The van der Waals surface area contributed by atoms with Crippen molar-refractivity contribution in [1.82, 2.24) is 19.8 Å². The average Bonchev–Trinajstić information content (AvgIpc) is 3.32. The van der Waals surface area contributed by atoms with E-state index in [1.165, 1.54) is 27.0 Å². The second kappa shape index (κ2) is 10.7. The van der Waals surface area contributed by atoms with Gasteiger partial charge in [0.1, 0.15) is 16.5 Å². The Kier molecular flexibility index (Phi) is 7.00. The summed E-state index contributed by atoms with van der Waals surface area (Å²) in [6, 6.07) is 18.3. The molecule has 2 aromatic heterocycles. The molecule has 2 aliphatic heterocycles. The fourth-order valence-corrected chi connectivity index (χ4v) is 6.66. The lowest BCUT2D eigenvalue weighted by molar-refractivity contribution is 0.208. The maximum Gasteiger partial charge on any atom is 0.321 e. The minimum Gasteiger partial charge on any atom is -0.352 e. The third-order valence-electron chi connectivity index (χ3n) is 7.63. The molecule has 2 aromatic carbocycles. The first-order valence-electron chi connectivity index (χ1n) is 13.5. The third kappa shape index (κ3) is 5.11. The van der Waals surface area contributed by atoms with Crippen LogP contribution in [0.5, 0.6) is 0 Å². The summed E-state index contributed by atoms with van der Waals surface area (Å²) in [6.07, 6.45) is 1.75. The molecule has 0 spiro atoms. The predicted octanol–water partition coefficient (Wildman–Crippen LogP) is 5.32. The highest BCUT2D eigenvalue weighted by Gasteiger charge is 2.28. The van der Waals surface area contributed by atoms with Crippen LogP contribution in [0.15, 0.2) is 54.6 Å². The number of carbonyl (C=O) groups excluding carboxylic acids is 1. The summed E-state index contributed by atoms with van der Waals surface area (Å²) in [6.45, 7) is 10.2. The zero-order valence-corrected chi connectivity index (χ0v) is 22.9. The molecular weight excluding hydrogens is 492 g/mol. The summed E-state index contributed by atoms with van der Waals surface area (Å²) >= 11 is 1.84. The first-order chi connectivity index (χ1) is 18.6. The smallest absolute Gasteiger partial charge is 0.321 e. The van der Waals surface area contributed by atoms with Crippen LogP contribution in [0.2, 0.25) is 0 Å². The molecule has 0 radical (unpaired) electrons. The lowest BCUT2D eigenvalue weighted by atomic mass is 10.0. The Bertz CT molecular complexity index is 1430. The topological polar surface area (TPSA) is 64.6 Å². The van der Waals surface area contributed by atoms with Crippen molar-refractivity contribution in [3.63, 3.8) is 0 Å². The number of rotatable bonds is 5. The Balaban J connectivity index is 1.26. The fraction of sp³-hybridized carbons (Fsp3) is 0.367. The van der Waals surface area contributed by atoms with Crippen LogP contribution < -0.4 is 10.2 Å². The summed E-state index contributed by atoms with van der Waals surface area (Å²) in [4.78, 5) is 32.5.